The largest absolute Gasteiger partial charge is 0.465 e. The molecule has 3 heteroatoms. The molecule has 1 saturated carbocycles. The van der Waals surface area contributed by atoms with E-state index in [0.29, 0.717) is 18.3 Å². The Bertz CT molecular complexity index is 377. The van der Waals surface area contributed by atoms with Crippen molar-refractivity contribution in [3.8, 4) is 0 Å². The summed E-state index contributed by atoms with van der Waals surface area (Å²) in [6, 6.07) is 7.42. The van der Waals surface area contributed by atoms with Crippen LogP contribution in [-0.4, -0.2) is 19.2 Å². The van der Waals surface area contributed by atoms with Crippen molar-refractivity contribution in [2.24, 2.45) is 0 Å². The summed E-state index contributed by atoms with van der Waals surface area (Å²) in [4.78, 5) is 11.3. The van der Waals surface area contributed by atoms with Crippen molar-refractivity contribution < 1.29 is 14.3 Å². The Hall–Kier alpha value is -1.35. The van der Waals surface area contributed by atoms with Crippen molar-refractivity contribution in [3.05, 3.63) is 35.4 Å². The minimum Gasteiger partial charge on any atom is -0.465 e. The topological polar surface area (TPSA) is 35.5 Å². The Morgan fingerprint density at radius 3 is 2.44 bits per heavy atom. The molecule has 1 aliphatic rings. The fraction of sp³-hybridized carbons (Fsp3) is 0.533. The van der Waals surface area contributed by atoms with E-state index in [4.69, 9.17) is 4.74 Å². The highest BCUT2D eigenvalue weighted by molar-refractivity contribution is 5.89. The first-order valence-corrected chi connectivity index (χ1v) is 6.58. The summed E-state index contributed by atoms with van der Waals surface area (Å²) in [6.45, 7) is 0.631. The molecule has 0 spiro atoms. The van der Waals surface area contributed by atoms with E-state index < -0.39 is 0 Å². The van der Waals surface area contributed by atoms with Crippen LogP contribution in [0.3, 0.4) is 0 Å². The minimum absolute atomic E-state index is 0.297. The number of methoxy groups -OCH3 is 1. The van der Waals surface area contributed by atoms with Crippen LogP contribution in [0.1, 0.15) is 48.0 Å². The van der Waals surface area contributed by atoms with Gasteiger partial charge in [-0.2, -0.15) is 0 Å². The van der Waals surface area contributed by atoms with Gasteiger partial charge in [0.2, 0.25) is 0 Å². The maximum atomic E-state index is 11.3. The molecule has 0 amide bonds. The fourth-order valence-corrected chi connectivity index (χ4v) is 2.30. The highest BCUT2D eigenvalue weighted by Crippen LogP contribution is 2.21. The molecule has 18 heavy (non-hydrogen) atoms. The highest BCUT2D eigenvalue weighted by atomic mass is 16.5. The van der Waals surface area contributed by atoms with Crippen LogP contribution in [0.2, 0.25) is 0 Å². The SMILES string of the molecule is COC(=O)c1ccc(COC2CCCCC2)cc1. The summed E-state index contributed by atoms with van der Waals surface area (Å²) in [5.41, 5.74) is 1.69. The quantitative estimate of drug-likeness (QED) is 0.767. The molecular weight excluding hydrogens is 228 g/mol. The Morgan fingerprint density at radius 2 is 1.83 bits per heavy atom. The van der Waals surface area contributed by atoms with E-state index in [0.717, 1.165) is 5.56 Å². The number of hydrogen-bond acceptors (Lipinski definition) is 3. The summed E-state index contributed by atoms with van der Waals surface area (Å²) in [6.07, 6.45) is 6.69. The van der Waals surface area contributed by atoms with Crippen LogP contribution in [0.5, 0.6) is 0 Å². The van der Waals surface area contributed by atoms with Crippen molar-refractivity contribution >= 4 is 5.97 Å². The van der Waals surface area contributed by atoms with Crippen LogP contribution >= 0.6 is 0 Å². The zero-order valence-corrected chi connectivity index (χ0v) is 10.9. The van der Waals surface area contributed by atoms with E-state index in [1.54, 1.807) is 12.1 Å². The van der Waals surface area contributed by atoms with Gasteiger partial charge in [-0.1, -0.05) is 31.4 Å². The average molecular weight is 248 g/mol. The molecule has 1 fully saturated rings. The third-order valence-corrected chi connectivity index (χ3v) is 3.41. The molecule has 98 valence electrons. The summed E-state index contributed by atoms with van der Waals surface area (Å²) >= 11 is 0. The normalized spacial score (nSPS) is 16.5. The lowest BCUT2D eigenvalue weighted by molar-refractivity contribution is 0.0168. The third-order valence-electron chi connectivity index (χ3n) is 3.41. The molecule has 2 rings (SSSR count). The van der Waals surface area contributed by atoms with Gasteiger partial charge in [0, 0.05) is 0 Å². The van der Waals surface area contributed by atoms with Gasteiger partial charge in [0.1, 0.15) is 0 Å². The lowest BCUT2D eigenvalue weighted by Gasteiger charge is -2.22. The van der Waals surface area contributed by atoms with Crippen molar-refractivity contribution in [2.75, 3.05) is 7.11 Å². The number of rotatable bonds is 4. The first kappa shape index (κ1) is 13.1. The second-order valence-corrected chi connectivity index (χ2v) is 4.76. The fourth-order valence-electron chi connectivity index (χ4n) is 2.30. The number of ether oxygens (including phenoxy) is 2. The summed E-state index contributed by atoms with van der Waals surface area (Å²) < 4.78 is 10.5. The smallest absolute Gasteiger partial charge is 0.337 e. The molecule has 0 aliphatic heterocycles. The van der Waals surface area contributed by atoms with Crippen LogP contribution in [0, 0.1) is 0 Å². The maximum Gasteiger partial charge on any atom is 0.337 e. The number of esters is 1. The van der Waals surface area contributed by atoms with Gasteiger partial charge in [-0.3, -0.25) is 0 Å². The van der Waals surface area contributed by atoms with Crippen LogP contribution in [0.4, 0.5) is 0 Å². The Morgan fingerprint density at radius 1 is 1.17 bits per heavy atom. The van der Waals surface area contributed by atoms with E-state index in [-0.39, 0.29) is 5.97 Å². The summed E-state index contributed by atoms with van der Waals surface area (Å²) in [5.74, 6) is -0.297. The van der Waals surface area contributed by atoms with Gasteiger partial charge in [-0.15, -0.1) is 0 Å². The molecule has 3 nitrogen and oxygen atoms in total. The zero-order valence-electron chi connectivity index (χ0n) is 10.9. The minimum atomic E-state index is -0.297. The molecule has 1 aromatic carbocycles. The van der Waals surface area contributed by atoms with E-state index in [1.165, 1.54) is 39.2 Å². The third kappa shape index (κ3) is 3.57. The molecule has 1 aliphatic carbocycles. The van der Waals surface area contributed by atoms with E-state index >= 15 is 0 Å². The first-order chi connectivity index (χ1) is 8.79. The van der Waals surface area contributed by atoms with Gasteiger partial charge < -0.3 is 9.47 Å². The van der Waals surface area contributed by atoms with Crippen molar-refractivity contribution in [2.45, 2.75) is 44.8 Å². The highest BCUT2D eigenvalue weighted by Gasteiger charge is 2.13. The van der Waals surface area contributed by atoms with Gasteiger partial charge >= 0.3 is 5.97 Å². The average Bonchev–Trinajstić information content (AvgIpc) is 2.46. The van der Waals surface area contributed by atoms with Crippen molar-refractivity contribution in [3.63, 3.8) is 0 Å². The summed E-state index contributed by atoms with van der Waals surface area (Å²) in [7, 11) is 1.39. The molecule has 0 radical (unpaired) electrons. The standard InChI is InChI=1S/C15H20O3/c1-17-15(16)13-9-7-12(8-10-13)11-18-14-5-3-2-4-6-14/h7-10,14H,2-6,11H2,1H3. The van der Waals surface area contributed by atoms with E-state index in [9.17, 15) is 4.79 Å². The van der Waals surface area contributed by atoms with E-state index in [2.05, 4.69) is 4.74 Å². The van der Waals surface area contributed by atoms with Crippen molar-refractivity contribution in [1.29, 1.82) is 0 Å². The zero-order chi connectivity index (χ0) is 12.8. The van der Waals surface area contributed by atoms with Gasteiger partial charge in [0.05, 0.1) is 25.4 Å². The second kappa shape index (κ2) is 6.55. The molecule has 0 unspecified atom stereocenters. The number of hydrogen-bond donors (Lipinski definition) is 0. The predicted molar refractivity (Wildman–Crippen MR) is 69.4 cm³/mol. The Balaban J connectivity index is 1.84. The second-order valence-electron chi connectivity index (χ2n) is 4.76. The first-order valence-electron chi connectivity index (χ1n) is 6.58. The molecule has 0 bridgehead atoms. The van der Waals surface area contributed by atoms with Crippen LogP contribution in [0.25, 0.3) is 0 Å². The monoisotopic (exact) mass is 248 g/mol. The molecular formula is C15H20O3. The van der Waals surface area contributed by atoms with Crippen molar-refractivity contribution in [1.82, 2.24) is 0 Å². The summed E-state index contributed by atoms with van der Waals surface area (Å²) in [5, 5.41) is 0. The number of carbonyl (C=O) groups is 1. The number of benzene rings is 1. The predicted octanol–water partition coefficient (Wildman–Crippen LogP) is 3.32. The van der Waals surface area contributed by atoms with Crippen LogP contribution < -0.4 is 0 Å². The van der Waals surface area contributed by atoms with Gasteiger partial charge in [-0.25, -0.2) is 4.79 Å². The van der Waals surface area contributed by atoms with Gasteiger partial charge in [0.25, 0.3) is 0 Å². The van der Waals surface area contributed by atoms with E-state index in [1.807, 2.05) is 12.1 Å². The van der Waals surface area contributed by atoms with Crippen LogP contribution in [0.15, 0.2) is 24.3 Å². The van der Waals surface area contributed by atoms with Gasteiger partial charge in [-0.05, 0) is 30.5 Å². The number of carbonyl (C=O) groups excluding carboxylic acids is 1. The molecule has 0 aromatic heterocycles. The van der Waals surface area contributed by atoms with Crippen LogP contribution in [-0.2, 0) is 16.1 Å². The Kier molecular flexibility index (Phi) is 4.76. The molecule has 0 N–H and O–H groups in total. The molecule has 0 atom stereocenters. The maximum absolute atomic E-state index is 11.3. The van der Waals surface area contributed by atoms with Gasteiger partial charge in [0.15, 0.2) is 0 Å². The lowest BCUT2D eigenvalue weighted by Crippen LogP contribution is -2.16. The Labute approximate surface area is 108 Å². The molecule has 0 heterocycles. The lowest BCUT2D eigenvalue weighted by atomic mass is 9.98. The molecule has 1 aromatic rings. The molecule has 0 saturated heterocycles.